The number of hydrogen-bond acceptors (Lipinski definition) is 2. The molecule has 0 aliphatic heterocycles. The highest BCUT2D eigenvalue weighted by molar-refractivity contribution is 7.07. The van der Waals surface area contributed by atoms with Gasteiger partial charge >= 0.3 is 6.18 Å². The van der Waals surface area contributed by atoms with Gasteiger partial charge in [0, 0.05) is 0 Å². The molecule has 2 rings (SSSR count). The summed E-state index contributed by atoms with van der Waals surface area (Å²) in [5.74, 6) is -1.33. The van der Waals surface area contributed by atoms with E-state index in [1.807, 2.05) is 16.8 Å². The minimum absolute atomic E-state index is 0.0777. The first-order valence-corrected chi connectivity index (χ1v) is 6.88. The predicted octanol–water partition coefficient (Wildman–Crippen LogP) is 4.57. The molecule has 0 radical (unpaired) electrons. The molecule has 0 fully saturated rings. The number of halogens is 4. The Morgan fingerprint density at radius 3 is 2.55 bits per heavy atom. The van der Waals surface area contributed by atoms with E-state index in [1.165, 1.54) is 17.4 Å². The second-order valence-corrected chi connectivity index (χ2v) is 5.20. The van der Waals surface area contributed by atoms with E-state index in [9.17, 15) is 22.7 Å². The summed E-state index contributed by atoms with van der Waals surface area (Å²) in [6.45, 7) is 0. The Morgan fingerprint density at radius 2 is 1.95 bits per heavy atom. The average molecular weight is 304 g/mol. The second kappa shape index (κ2) is 5.93. The number of aliphatic hydroxyl groups excluding tert-OH is 1. The van der Waals surface area contributed by atoms with Crippen molar-refractivity contribution in [2.24, 2.45) is 0 Å². The van der Waals surface area contributed by atoms with Crippen LogP contribution in [0.5, 0.6) is 0 Å². The number of aliphatic hydroxyl groups is 1. The van der Waals surface area contributed by atoms with E-state index in [0.29, 0.717) is 18.9 Å². The van der Waals surface area contributed by atoms with Crippen LogP contribution in [0.1, 0.15) is 29.2 Å². The van der Waals surface area contributed by atoms with Gasteiger partial charge in [0.25, 0.3) is 0 Å². The van der Waals surface area contributed by atoms with Gasteiger partial charge in [0.2, 0.25) is 0 Å². The van der Waals surface area contributed by atoms with E-state index in [0.717, 1.165) is 11.6 Å². The summed E-state index contributed by atoms with van der Waals surface area (Å²) in [7, 11) is 0. The number of aryl methyl sites for hydroxylation is 1. The van der Waals surface area contributed by atoms with Crippen LogP contribution in [0.2, 0.25) is 0 Å². The third-order valence-corrected chi connectivity index (χ3v) is 3.70. The Balaban J connectivity index is 2.12. The van der Waals surface area contributed by atoms with Crippen molar-refractivity contribution in [1.82, 2.24) is 0 Å². The topological polar surface area (TPSA) is 20.2 Å². The van der Waals surface area contributed by atoms with Crippen molar-refractivity contribution in [2.45, 2.75) is 25.1 Å². The lowest BCUT2D eigenvalue weighted by molar-refractivity contribution is -0.140. The van der Waals surface area contributed by atoms with Crippen molar-refractivity contribution in [3.05, 3.63) is 57.5 Å². The van der Waals surface area contributed by atoms with Crippen molar-refractivity contribution in [3.63, 3.8) is 0 Å². The second-order valence-electron chi connectivity index (χ2n) is 4.42. The first kappa shape index (κ1) is 15.0. The van der Waals surface area contributed by atoms with Crippen LogP contribution in [0.3, 0.4) is 0 Å². The normalized spacial score (nSPS) is 13.4. The molecule has 1 atom stereocenters. The zero-order valence-electron chi connectivity index (χ0n) is 10.3. The SMILES string of the molecule is OC(CCc1ccsc1)c1ccc(F)c(C(F)(F)F)c1. The maximum atomic E-state index is 13.1. The maximum absolute atomic E-state index is 13.1. The van der Waals surface area contributed by atoms with Gasteiger partial charge in [0.15, 0.2) is 0 Å². The van der Waals surface area contributed by atoms with Gasteiger partial charge in [-0.25, -0.2) is 4.39 Å². The molecule has 20 heavy (non-hydrogen) atoms. The fraction of sp³-hybridized carbons (Fsp3) is 0.286. The van der Waals surface area contributed by atoms with Gasteiger partial charge in [-0.05, 0) is 52.9 Å². The van der Waals surface area contributed by atoms with E-state index in [1.54, 1.807) is 0 Å². The quantitative estimate of drug-likeness (QED) is 0.820. The molecule has 6 heteroatoms. The van der Waals surface area contributed by atoms with E-state index in [-0.39, 0.29) is 5.56 Å². The Kier molecular flexibility index (Phi) is 4.45. The fourth-order valence-electron chi connectivity index (χ4n) is 1.87. The van der Waals surface area contributed by atoms with Crippen LogP contribution >= 0.6 is 11.3 Å². The van der Waals surface area contributed by atoms with Gasteiger partial charge in [-0.3, -0.25) is 0 Å². The maximum Gasteiger partial charge on any atom is 0.419 e. The standard InChI is InChI=1S/C14H12F4OS/c15-12-3-2-10(7-11(12)14(16,17)18)13(19)4-1-9-5-6-20-8-9/h2-3,5-8,13,19H,1,4H2. The summed E-state index contributed by atoms with van der Waals surface area (Å²) >= 11 is 1.51. The Morgan fingerprint density at radius 1 is 1.20 bits per heavy atom. The molecule has 1 nitrogen and oxygen atoms in total. The van der Waals surface area contributed by atoms with Crippen LogP contribution in [-0.2, 0) is 12.6 Å². The predicted molar refractivity (Wildman–Crippen MR) is 69.0 cm³/mol. The van der Waals surface area contributed by atoms with Crippen molar-refractivity contribution in [3.8, 4) is 0 Å². The van der Waals surface area contributed by atoms with Gasteiger partial charge in [-0.1, -0.05) is 6.07 Å². The Labute approximate surface area is 117 Å². The number of thiophene rings is 1. The van der Waals surface area contributed by atoms with Crippen LogP contribution in [-0.4, -0.2) is 5.11 Å². The molecule has 0 bridgehead atoms. The van der Waals surface area contributed by atoms with Gasteiger partial charge in [0.1, 0.15) is 5.82 Å². The van der Waals surface area contributed by atoms with Crippen LogP contribution in [0.25, 0.3) is 0 Å². The molecule has 0 aliphatic carbocycles. The largest absolute Gasteiger partial charge is 0.419 e. The zero-order valence-corrected chi connectivity index (χ0v) is 11.1. The molecule has 0 saturated carbocycles. The molecule has 0 spiro atoms. The number of hydrogen-bond donors (Lipinski definition) is 1. The lowest BCUT2D eigenvalue weighted by atomic mass is 10.0. The molecule has 0 aliphatic rings. The van der Waals surface area contributed by atoms with E-state index >= 15 is 0 Å². The highest BCUT2D eigenvalue weighted by Crippen LogP contribution is 2.33. The first-order valence-electron chi connectivity index (χ1n) is 5.93. The fourth-order valence-corrected chi connectivity index (χ4v) is 2.58. The molecule has 0 amide bonds. The lowest BCUT2D eigenvalue weighted by Crippen LogP contribution is -2.10. The van der Waals surface area contributed by atoms with Crippen molar-refractivity contribution >= 4 is 11.3 Å². The third kappa shape index (κ3) is 3.58. The molecule has 0 saturated heterocycles. The third-order valence-electron chi connectivity index (χ3n) is 2.97. The highest BCUT2D eigenvalue weighted by Gasteiger charge is 2.34. The summed E-state index contributed by atoms with van der Waals surface area (Å²) in [6.07, 6.45) is -4.95. The average Bonchev–Trinajstić information content (AvgIpc) is 2.88. The molecule has 1 N–H and O–H groups in total. The molecule has 1 aromatic carbocycles. The monoisotopic (exact) mass is 304 g/mol. The Hall–Kier alpha value is -1.40. The van der Waals surface area contributed by atoms with Crippen molar-refractivity contribution < 1.29 is 22.7 Å². The number of alkyl halides is 3. The number of rotatable bonds is 4. The van der Waals surface area contributed by atoms with Crippen LogP contribution in [0.4, 0.5) is 17.6 Å². The van der Waals surface area contributed by atoms with Gasteiger partial charge < -0.3 is 5.11 Å². The molecule has 1 unspecified atom stereocenters. The summed E-state index contributed by atoms with van der Waals surface area (Å²) < 4.78 is 50.9. The first-order chi connectivity index (χ1) is 9.38. The minimum Gasteiger partial charge on any atom is -0.388 e. The summed E-state index contributed by atoms with van der Waals surface area (Å²) in [5.41, 5.74) is -0.245. The Bertz CT molecular complexity index is 563. The zero-order chi connectivity index (χ0) is 14.8. The van der Waals surface area contributed by atoms with Gasteiger partial charge in [0.05, 0.1) is 11.7 Å². The van der Waals surface area contributed by atoms with Crippen LogP contribution < -0.4 is 0 Å². The van der Waals surface area contributed by atoms with E-state index in [2.05, 4.69) is 0 Å². The van der Waals surface area contributed by atoms with E-state index < -0.39 is 23.7 Å². The van der Waals surface area contributed by atoms with Gasteiger partial charge in [-0.15, -0.1) is 0 Å². The number of benzene rings is 1. The summed E-state index contributed by atoms with van der Waals surface area (Å²) in [6, 6.07) is 4.49. The molecule has 1 heterocycles. The summed E-state index contributed by atoms with van der Waals surface area (Å²) in [4.78, 5) is 0. The summed E-state index contributed by atoms with van der Waals surface area (Å²) in [5, 5.41) is 13.7. The van der Waals surface area contributed by atoms with Crippen LogP contribution in [0.15, 0.2) is 35.0 Å². The lowest BCUT2D eigenvalue weighted by Gasteiger charge is -2.14. The van der Waals surface area contributed by atoms with E-state index in [4.69, 9.17) is 0 Å². The van der Waals surface area contributed by atoms with Crippen LogP contribution in [0, 0.1) is 5.82 Å². The molecule has 1 aromatic heterocycles. The molecule has 2 aromatic rings. The smallest absolute Gasteiger partial charge is 0.388 e. The van der Waals surface area contributed by atoms with Crippen molar-refractivity contribution in [1.29, 1.82) is 0 Å². The minimum atomic E-state index is -4.76. The van der Waals surface area contributed by atoms with Crippen molar-refractivity contribution in [2.75, 3.05) is 0 Å². The molecular formula is C14H12F4OS. The molecule has 108 valence electrons. The highest BCUT2D eigenvalue weighted by atomic mass is 32.1. The van der Waals surface area contributed by atoms with Gasteiger partial charge in [-0.2, -0.15) is 24.5 Å². The molecular weight excluding hydrogens is 292 g/mol.